The number of aromatic nitrogens is 1. The van der Waals surface area contributed by atoms with Crippen LogP contribution in [-0.4, -0.2) is 26.9 Å². The zero-order chi connectivity index (χ0) is 14.7. The molecule has 0 aliphatic heterocycles. The van der Waals surface area contributed by atoms with Crippen LogP contribution in [0.3, 0.4) is 0 Å². The summed E-state index contributed by atoms with van der Waals surface area (Å²) in [5.41, 5.74) is -0.160. The number of carboxylic acids is 1. The van der Waals surface area contributed by atoms with Crippen molar-refractivity contribution >= 4 is 34.0 Å². The van der Waals surface area contributed by atoms with Gasteiger partial charge in [-0.15, -0.1) is 0 Å². The maximum atomic E-state index is 11.9. The normalized spacial score (nSPS) is 10.0. The molecule has 2 rings (SSSR count). The minimum absolute atomic E-state index is 0.0960. The van der Waals surface area contributed by atoms with Crippen molar-refractivity contribution in [1.82, 2.24) is 4.98 Å². The number of thiophene rings is 1. The Hall–Kier alpha value is -2.81. The Morgan fingerprint density at radius 1 is 1.35 bits per heavy atom. The van der Waals surface area contributed by atoms with Crippen molar-refractivity contribution in [1.29, 1.82) is 0 Å². The number of carboxylic acid groups (broad SMARTS) is 1. The second-order valence-corrected chi connectivity index (χ2v) is 4.62. The molecule has 8 nitrogen and oxygen atoms in total. The van der Waals surface area contributed by atoms with Crippen LogP contribution < -0.4 is 5.32 Å². The van der Waals surface area contributed by atoms with Gasteiger partial charge < -0.3 is 10.4 Å². The van der Waals surface area contributed by atoms with Gasteiger partial charge in [0.1, 0.15) is 11.4 Å². The predicted octanol–water partition coefficient (Wildman–Crippen LogP) is 2.00. The smallest absolute Gasteiger partial charge is 0.339 e. The molecule has 2 aromatic rings. The van der Waals surface area contributed by atoms with Crippen LogP contribution in [0.2, 0.25) is 0 Å². The van der Waals surface area contributed by atoms with Gasteiger partial charge in [-0.05, 0) is 18.2 Å². The molecule has 0 aromatic carbocycles. The molecule has 0 saturated heterocycles. The van der Waals surface area contributed by atoms with E-state index in [1.165, 1.54) is 30.5 Å². The standard InChI is InChI=1S/C11H7N3O5S/c15-10(7-3-4-8(20-7)14(18)19)13-9-6(11(16)17)2-1-5-12-9/h1-5H,(H,16,17)(H,12,13,15). The Balaban J connectivity index is 2.23. The number of amides is 1. The minimum atomic E-state index is -1.23. The molecule has 2 heterocycles. The third-order valence-electron chi connectivity index (χ3n) is 2.27. The van der Waals surface area contributed by atoms with E-state index in [4.69, 9.17) is 5.11 Å². The number of nitrogens with one attached hydrogen (secondary N) is 1. The highest BCUT2D eigenvalue weighted by Gasteiger charge is 2.18. The van der Waals surface area contributed by atoms with E-state index in [0.29, 0.717) is 11.3 Å². The van der Waals surface area contributed by atoms with Crippen molar-refractivity contribution in [3.05, 3.63) is 51.0 Å². The van der Waals surface area contributed by atoms with Gasteiger partial charge in [0, 0.05) is 12.3 Å². The number of anilines is 1. The highest BCUT2D eigenvalue weighted by Crippen LogP contribution is 2.24. The summed E-state index contributed by atoms with van der Waals surface area (Å²) in [7, 11) is 0. The van der Waals surface area contributed by atoms with E-state index < -0.39 is 16.8 Å². The summed E-state index contributed by atoms with van der Waals surface area (Å²) in [6.07, 6.45) is 1.33. The Morgan fingerprint density at radius 3 is 2.70 bits per heavy atom. The van der Waals surface area contributed by atoms with E-state index >= 15 is 0 Å². The lowest BCUT2D eigenvalue weighted by atomic mass is 10.2. The van der Waals surface area contributed by atoms with E-state index in [1.54, 1.807) is 0 Å². The predicted molar refractivity (Wildman–Crippen MR) is 70.1 cm³/mol. The van der Waals surface area contributed by atoms with Gasteiger partial charge in [-0.3, -0.25) is 14.9 Å². The molecule has 2 aromatic heterocycles. The molecule has 2 N–H and O–H groups in total. The average molecular weight is 293 g/mol. The molecule has 0 aliphatic rings. The number of nitro groups is 1. The van der Waals surface area contributed by atoms with Crippen LogP contribution >= 0.6 is 11.3 Å². The number of nitrogens with zero attached hydrogens (tertiary/aromatic N) is 2. The van der Waals surface area contributed by atoms with Gasteiger partial charge >= 0.3 is 11.0 Å². The molecular weight excluding hydrogens is 286 g/mol. The molecule has 0 radical (unpaired) electrons. The summed E-state index contributed by atoms with van der Waals surface area (Å²) in [5.74, 6) is -1.99. The summed E-state index contributed by atoms with van der Waals surface area (Å²) in [6, 6.07) is 5.22. The first kappa shape index (κ1) is 13.6. The summed E-state index contributed by atoms with van der Waals surface area (Å²) in [5, 5.41) is 21.6. The van der Waals surface area contributed by atoms with E-state index in [0.717, 1.165) is 0 Å². The van der Waals surface area contributed by atoms with Crippen LogP contribution in [0.4, 0.5) is 10.8 Å². The van der Waals surface area contributed by atoms with Crippen molar-refractivity contribution in [2.24, 2.45) is 0 Å². The fourth-order valence-corrected chi connectivity index (χ4v) is 2.11. The van der Waals surface area contributed by atoms with Gasteiger partial charge in [-0.2, -0.15) is 0 Å². The quantitative estimate of drug-likeness (QED) is 0.656. The zero-order valence-corrected chi connectivity index (χ0v) is 10.6. The molecule has 0 spiro atoms. The van der Waals surface area contributed by atoms with E-state index in [2.05, 4.69) is 10.3 Å². The molecule has 0 atom stereocenters. The second-order valence-electron chi connectivity index (χ2n) is 3.55. The lowest BCUT2D eigenvalue weighted by molar-refractivity contribution is -0.380. The number of hydrogen-bond acceptors (Lipinski definition) is 6. The lowest BCUT2D eigenvalue weighted by Gasteiger charge is -2.05. The maximum absolute atomic E-state index is 11.9. The van der Waals surface area contributed by atoms with Crippen LogP contribution in [0.1, 0.15) is 20.0 Å². The third kappa shape index (κ3) is 2.78. The number of aromatic carboxylic acids is 1. The van der Waals surface area contributed by atoms with Crippen molar-refractivity contribution in [2.45, 2.75) is 0 Å². The number of carbonyl (C=O) groups is 2. The Morgan fingerprint density at radius 2 is 2.10 bits per heavy atom. The summed E-state index contributed by atoms with van der Waals surface area (Å²) >= 11 is 0.696. The first-order valence-electron chi connectivity index (χ1n) is 5.23. The first-order valence-corrected chi connectivity index (χ1v) is 6.04. The SMILES string of the molecule is O=C(Nc1ncccc1C(=O)O)c1ccc([N+](=O)[O-])s1. The van der Waals surface area contributed by atoms with Gasteiger partial charge in [0.05, 0.1) is 9.80 Å². The molecule has 102 valence electrons. The van der Waals surface area contributed by atoms with Crippen LogP contribution in [-0.2, 0) is 0 Å². The van der Waals surface area contributed by atoms with Gasteiger partial charge in [0.25, 0.3) is 5.91 Å². The van der Waals surface area contributed by atoms with E-state index in [-0.39, 0.29) is 21.3 Å². The van der Waals surface area contributed by atoms with Crippen molar-refractivity contribution in [3.8, 4) is 0 Å². The second kappa shape index (κ2) is 5.45. The summed E-state index contributed by atoms with van der Waals surface area (Å²) in [4.78, 5) is 36.6. The number of hydrogen-bond donors (Lipinski definition) is 2. The highest BCUT2D eigenvalue weighted by atomic mass is 32.1. The van der Waals surface area contributed by atoms with Crippen molar-refractivity contribution < 1.29 is 19.6 Å². The average Bonchev–Trinajstić information content (AvgIpc) is 2.89. The topological polar surface area (TPSA) is 122 Å². The molecule has 0 saturated carbocycles. The fourth-order valence-electron chi connectivity index (χ4n) is 1.39. The summed E-state index contributed by atoms with van der Waals surface area (Å²) in [6.45, 7) is 0. The number of rotatable bonds is 4. The van der Waals surface area contributed by atoms with E-state index in [1.807, 2.05) is 0 Å². The Bertz CT molecular complexity index is 697. The molecule has 20 heavy (non-hydrogen) atoms. The van der Waals surface area contributed by atoms with Crippen LogP contribution in [0, 0.1) is 10.1 Å². The first-order chi connectivity index (χ1) is 9.49. The minimum Gasteiger partial charge on any atom is -0.478 e. The van der Waals surface area contributed by atoms with Crippen LogP contribution in [0.25, 0.3) is 0 Å². The maximum Gasteiger partial charge on any atom is 0.339 e. The van der Waals surface area contributed by atoms with E-state index in [9.17, 15) is 19.7 Å². The van der Waals surface area contributed by atoms with Gasteiger partial charge in [-0.1, -0.05) is 11.3 Å². The van der Waals surface area contributed by atoms with Gasteiger partial charge in [0.15, 0.2) is 0 Å². The fraction of sp³-hybridized carbons (Fsp3) is 0. The van der Waals surface area contributed by atoms with Crippen LogP contribution in [0.5, 0.6) is 0 Å². The number of carbonyl (C=O) groups excluding carboxylic acids is 1. The van der Waals surface area contributed by atoms with Gasteiger partial charge in [-0.25, -0.2) is 9.78 Å². The molecular formula is C11H7N3O5S. The number of pyridine rings is 1. The molecule has 0 unspecified atom stereocenters. The Labute approximate surface area is 115 Å². The van der Waals surface area contributed by atoms with Crippen molar-refractivity contribution in [3.63, 3.8) is 0 Å². The molecule has 9 heteroatoms. The van der Waals surface area contributed by atoms with Crippen molar-refractivity contribution in [2.75, 3.05) is 5.32 Å². The molecule has 0 fully saturated rings. The molecule has 1 amide bonds. The zero-order valence-electron chi connectivity index (χ0n) is 9.77. The van der Waals surface area contributed by atoms with Crippen LogP contribution in [0.15, 0.2) is 30.5 Å². The summed E-state index contributed by atoms with van der Waals surface area (Å²) < 4.78 is 0. The Kier molecular flexibility index (Phi) is 3.71. The third-order valence-corrected chi connectivity index (χ3v) is 3.30. The highest BCUT2D eigenvalue weighted by molar-refractivity contribution is 7.17. The molecule has 0 bridgehead atoms. The lowest BCUT2D eigenvalue weighted by Crippen LogP contribution is -2.14. The monoisotopic (exact) mass is 293 g/mol. The molecule has 0 aliphatic carbocycles. The van der Waals surface area contributed by atoms with Gasteiger partial charge in [0.2, 0.25) is 0 Å². The largest absolute Gasteiger partial charge is 0.478 e.